The lowest BCUT2D eigenvalue weighted by Crippen LogP contribution is -2.34. The lowest BCUT2D eigenvalue weighted by molar-refractivity contribution is 0.162. The van der Waals surface area contributed by atoms with Crippen molar-refractivity contribution in [1.29, 1.82) is 0 Å². The Hall–Kier alpha value is -1.95. The highest BCUT2D eigenvalue weighted by molar-refractivity contribution is 5.21. The number of benzene rings is 1. The van der Waals surface area contributed by atoms with Gasteiger partial charge in [0.25, 0.3) is 0 Å². The van der Waals surface area contributed by atoms with Crippen molar-refractivity contribution in [3.8, 4) is 5.75 Å². The SMILES string of the molecule is CCCn1nnnc1CN1CCC[C@H]1COc1ccccc1. The molecule has 22 heavy (non-hydrogen) atoms. The fourth-order valence-electron chi connectivity index (χ4n) is 2.90. The van der Waals surface area contributed by atoms with Crippen LogP contribution in [0.5, 0.6) is 5.75 Å². The Morgan fingerprint density at radius 2 is 2.14 bits per heavy atom. The summed E-state index contributed by atoms with van der Waals surface area (Å²) < 4.78 is 7.83. The molecule has 0 saturated carbocycles. The van der Waals surface area contributed by atoms with Crippen LogP contribution >= 0.6 is 0 Å². The second-order valence-electron chi connectivity index (χ2n) is 5.71. The van der Waals surface area contributed by atoms with Gasteiger partial charge in [-0.1, -0.05) is 25.1 Å². The predicted molar refractivity (Wildman–Crippen MR) is 83.5 cm³/mol. The van der Waals surface area contributed by atoms with Gasteiger partial charge in [-0.2, -0.15) is 0 Å². The normalized spacial score (nSPS) is 18.7. The summed E-state index contributed by atoms with van der Waals surface area (Å²) in [6.45, 7) is 5.62. The first-order valence-electron chi connectivity index (χ1n) is 8.03. The molecule has 0 N–H and O–H groups in total. The van der Waals surface area contributed by atoms with Gasteiger partial charge in [0.1, 0.15) is 12.4 Å². The van der Waals surface area contributed by atoms with Crippen molar-refractivity contribution in [1.82, 2.24) is 25.1 Å². The number of hydrogen-bond acceptors (Lipinski definition) is 5. The standard InChI is InChI=1S/C16H23N5O/c1-2-10-21-16(17-18-19-21)12-20-11-6-7-14(20)13-22-15-8-4-3-5-9-15/h3-5,8-9,14H,2,6-7,10-13H2,1H3/t14-/m0/s1. The average Bonchev–Trinajstić information content (AvgIpc) is 3.17. The van der Waals surface area contributed by atoms with Gasteiger partial charge >= 0.3 is 0 Å². The molecule has 0 radical (unpaired) electrons. The molecule has 2 heterocycles. The summed E-state index contributed by atoms with van der Waals surface area (Å²) in [6.07, 6.45) is 3.42. The van der Waals surface area contributed by atoms with E-state index in [1.807, 2.05) is 35.0 Å². The van der Waals surface area contributed by atoms with Gasteiger partial charge < -0.3 is 4.74 Å². The van der Waals surface area contributed by atoms with Crippen LogP contribution in [0.4, 0.5) is 0 Å². The maximum atomic E-state index is 5.92. The molecule has 0 unspecified atom stereocenters. The molecule has 3 rings (SSSR count). The number of nitrogens with zero attached hydrogens (tertiary/aromatic N) is 5. The Morgan fingerprint density at radius 1 is 1.27 bits per heavy atom. The smallest absolute Gasteiger partial charge is 0.165 e. The van der Waals surface area contributed by atoms with Gasteiger partial charge in [-0.3, -0.25) is 4.90 Å². The summed E-state index contributed by atoms with van der Waals surface area (Å²) >= 11 is 0. The van der Waals surface area contributed by atoms with Crippen LogP contribution in [0.3, 0.4) is 0 Å². The number of para-hydroxylation sites is 1. The second-order valence-corrected chi connectivity index (χ2v) is 5.71. The Kier molecular flexibility index (Phi) is 5.00. The van der Waals surface area contributed by atoms with Crippen molar-refractivity contribution in [3.63, 3.8) is 0 Å². The first-order chi connectivity index (χ1) is 10.9. The molecule has 0 aliphatic carbocycles. The molecule has 1 atom stereocenters. The molecule has 1 aliphatic rings. The largest absolute Gasteiger partial charge is 0.492 e. The van der Waals surface area contributed by atoms with Gasteiger partial charge in [0.2, 0.25) is 0 Å². The van der Waals surface area contributed by atoms with Crippen LogP contribution in [0, 0.1) is 0 Å². The van der Waals surface area contributed by atoms with Gasteiger partial charge in [0.05, 0.1) is 6.54 Å². The third kappa shape index (κ3) is 3.62. The summed E-state index contributed by atoms with van der Waals surface area (Å²) in [4.78, 5) is 2.43. The van der Waals surface area contributed by atoms with Crippen LogP contribution in [0.2, 0.25) is 0 Å². The lowest BCUT2D eigenvalue weighted by atomic mass is 10.2. The van der Waals surface area contributed by atoms with Crippen LogP contribution in [0.15, 0.2) is 30.3 Å². The summed E-state index contributed by atoms with van der Waals surface area (Å²) in [5.74, 6) is 1.89. The zero-order valence-corrected chi connectivity index (χ0v) is 13.1. The Labute approximate surface area is 131 Å². The minimum Gasteiger partial charge on any atom is -0.492 e. The highest BCUT2D eigenvalue weighted by Gasteiger charge is 2.26. The molecule has 2 aromatic rings. The molecule has 0 amide bonds. The molecule has 118 valence electrons. The molecule has 1 aromatic carbocycles. The van der Waals surface area contributed by atoms with Gasteiger partial charge in [0, 0.05) is 12.6 Å². The highest BCUT2D eigenvalue weighted by atomic mass is 16.5. The van der Waals surface area contributed by atoms with Crippen molar-refractivity contribution in [2.75, 3.05) is 13.2 Å². The minimum absolute atomic E-state index is 0.437. The molecule has 0 bridgehead atoms. The van der Waals surface area contributed by atoms with E-state index in [9.17, 15) is 0 Å². The molecule has 1 aliphatic heterocycles. The quantitative estimate of drug-likeness (QED) is 0.784. The fraction of sp³-hybridized carbons (Fsp3) is 0.562. The minimum atomic E-state index is 0.437. The van der Waals surface area contributed by atoms with Crippen molar-refractivity contribution >= 4 is 0 Å². The van der Waals surface area contributed by atoms with Crippen molar-refractivity contribution in [2.45, 2.75) is 45.3 Å². The van der Waals surface area contributed by atoms with Crippen LogP contribution in [0.1, 0.15) is 32.0 Å². The average molecular weight is 301 g/mol. The molecule has 6 heteroatoms. The molecule has 1 aromatic heterocycles. The lowest BCUT2D eigenvalue weighted by Gasteiger charge is -2.23. The van der Waals surface area contributed by atoms with Crippen LogP contribution in [0.25, 0.3) is 0 Å². The van der Waals surface area contributed by atoms with Gasteiger partial charge in [-0.15, -0.1) is 5.10 Å². The fourth-order valence-corrected chi connectivity index (χ4v) is 2.90. The maximum Gasteiger partial charge on any atom is 0.165 e. The molecular formula is C16H23N5O. The number of ether oxygens (including phenoxy) is 1. The Morgan fingerprint density at radius 3 is 2.95 bits per heavy atom. The number of rotatable bonds is 7. The maximum absolute atomic E-state index is 5.92. The third-order valence-electron chi connectivity index (χ3n) is 4.07. The summed E-state index contributed by atoms with van der Waals surface area (Å²) in [6, 6.07) is 10.4. The van der Waals surface area contributed by atoms with E-state index in [2.05, 4.69) is 27.3 Å². The zero-order chi connectivity index (χ0) is 15.2. The zero-order valence-electron chi connectivity index (χ0n) is 13.1. The number of likely N-dealkylation sites (tertiary alicyclic amines) is 1. The highest BCUT2D eigenvalue weighted by Crippen LogP contribution is 2.20. The Bertz CT molecular complexity index is 571. The topological polar surface area (TPSA) is 56.1 Å². The molecule has 0 spiro atoms. The van der Waals surface area contributed by atoms with Crippen LogP contribution in [-0.2, 0) is 13.1 Å². The predicted octanol–water partition coefficient (Wildman–Crippen LogP) is 2.13. The number of aromatic nitrogens is 4. The van der Waals surface area contributed by atoms with Crippen LogP contribution < -0.4 is 4.74 Å². The van der Waals surface area contributed by atoms with Crippen molar-refractivity contribution < 1.29 is 4.74 Å². The molecular weight excluding hydrogens is 278 g/mol. The molecule has 1 fully saturated rings. The summed E-state index contributed by atoms with van der Waals surface area (Å²) in [5, 5.41) is 12.0. The van der Waals surface area contributed by atoms with E-state index in [-0.39, 0.29) is 0 Å². The van der Waals surface area contributed by atoms with Crippen molar-refractivity contribution in [2.24, 2.45) is 0 Å². The van der Waals surface area contributed by atoms with E-state index in [1.54, 1.807) is 0 Å². The summed E-state index contributed by atoms with van der Waals surface area (Å²) in [5.41, 5.74) is 0. The number of aryl methyl sites for hydroxylation is 1. The second kappa shape index (κ2) is 7.35. The Balaban J connectivity index is 1.57. The number of tetrazole rings is 1. The van der Waals surface area contributed by atoms with E-state index < -0.39 is 0 Å². The first-order valence-corrected chi connectivity index (χ1v) is 8.03. The monoisotopic (exact) mass is 301 g/mol. The van der Waals surface area contributed by atoms with Gasteiger partial charge in [0.15, 0.2) is 5.82 Å². The van der Waals surface area contributed by atoms with E-state index in [0.29, 0.717) is 6.04 Å². The van der Waals surface area contributed by atoms with E-state index in [0.717, 1.165) is 44.2 Å². The van der Waals surface area contributed by atoms with Gasteiger partial charge in [-0.05, 0) is 48.4 Å². The third-order valence-corrected chi connectivity index (χ3v) is 4.07. The van der Waals surface area contributed by atoms with E-state index >= 15 is 0 Å². The summed E-state index contributed by atoms with van der Waals surface area (Å²) in [7, 11) is 0. The first kappa shape index (κ1) is 15.0. The van der Waals surface area contributed by atoms with Crippen LogP contribution in [-0.4, -0.2) is 44.3 Å². The number of hydrogen-bond donors (Lipinski definition) is 0. The molecule has 1 saturated heterocycles. The van der Waals surface area contributed by atoms with E-state index in [1.165, 1.54) is 12.8 Å². The van der Waals surface area contributed by atoms with Gasteiger partial charge in [-0.25, -0.2) is 4.68 Å². The molecule has 6 nitrogen and oxygen atoms in total. The van der Waals surface area contributed by atoms with Crippen molar-refractivity contribution in [3.05, 3.63) is 36.2 Å². The van der Waals surface area contributed by atoms with E-state index in [4.69, 9.17) is 4.74 Å².